The molecule has 0 saturated heterocycles. The third-order valence-electron chi connectivity index (χ3n) is 4.49. The molecule has 7 heteroatoms. The van der Waals surface area contributed by atoms with Gasteiger partial charge in [-0.05, 0) is 36.8 Å². The number of aromatic nitrogens is 4. The number of nitrogens with zero attached hydrogens (tertiary/aromatic N) is 5. The normalized spacial score (nSPS) is 13.9. The topological polar surface area (TPSA) is 55.5 Å². The summed E-state index contributed by atoms with van der Waals surface area (Å²) < 4.78 is 21.6. The minimum absolute atomic E-state index is 0.305. The molecule has 0 amide bonds. The second-order valence-electron chi connectivity index (χ2n) is 6.02. The second kappa shape index (κ2) is 5.14. The summed E-state index contributed by atoms with van der Waals surface area (Å²) in [5.41, 5.74) is 2.79. The lowest BCUT2D eigenvalue weighted by molar-refractivity contribution is 0.311. The fraction of sp³-hybridized carbons (Fsp3) is 0.167. The lowest BCUT2D eigenvalue weighted by Gasteiger charge is -2.32. The summed E-state index contributed by atoms with van der Waals surface area (Å²) in [7, 11) is 0. The molecule has 0 spiro atoms. The molecule has 0 radical (unpaired) electrons. The van der Waals surface area contributed by atoms with E-state index in [-0.39, 0.29) is 5.82 Å². The van der Waals surface area contributed by atoms with Gasteiger partial charge in [0, 0.05) is 5.39 Å². The van der Waals surface area contributed by atoms with Crippen LogP contribution in [0.5, 0.6) is 5.75 Å². The van der Waals surface area contributed by atoms with Crippen LogP contribution in [0.15, 0.2) is 42.7 Å². The van der Waals surface area contributed by atoms with Crippen molar-refractivity contribution in [3.05, 3.63) is 54.1 Å². The van der Waals surface area contributed by atoms with E-state index >= 15 is 0 Å². The molecule has 0 atom stereocenters. The lowest BCUT2D eigenvalue weighted by atomic mass is 10.1. The number of anilines is 2. The Bertz CT molecular complexity index is 1120. The number of ether oxygens (including phenoxy) is 1. The minimum atomic E-state index is -0.305. The number of fused-ring (bicyclic) bond motifs is 4. The Morgan fingerprint density at radius 2 is 2.12 bits per heavy atom. The molecule has 25 heavy (non-hydrogen) atoms. The van der Waals surface area contributed by atoms with Crippen LogP contribution in [0.1, 0.15) is 5.56 Å². The molecule has 0 bridgehead atoms. The van der Waals surface area contributed by atoms with Crippen LogP contribution in [0.3, 0.4) is 0 Å². The standard InChI is InChI=1S/C18H14FN5O/c1-11-3-2-4-15-16(11)25-8-7-23(15)17-13-9-12(19)5-6-14(13)24-10-20-22-18(24)21-17/h2-6,9-10H,7-8H2,1H3. The number of hydrogen-bond donors (Lipinski definition) is 0. The van der Waals surface area contributed by atoms with E-state index in [1.807, 2.05) is 25.1 Å². The van der Waals surface area contributed by atoms with Gasteiger partial charge in [0.15, 0.2) is 0 Å². The van der Waals surface area contributed by atoms with Crippen LogP contribution in [0.4, 0.5) is 15.9 Å². The quantitative estimate of drug-likeness (QED) is 0.534. The van der Waals surface area contributed by atoms with Gasteiger partial charge in [0.05, 0.1) is 17.7 Å². The molecule has 1 aliphatic rings. The van der Waals surface area contributed by atoms with E-state index in [1.165, 1.54) is 12.1 Å². The first-order valence-corrected chi connectivity index (χ1v) is 8.01. The van der Waals surface area contributed by atoms with Crippen LogP contribution < -0.4 is 9.64 Å². The largest absolute Gasteiger partial charge is 0.489 e. The second-order valence-corrected chi connectivity index (χ2v) is 6.02. The number of hydrogen-bond acceptors (Lipinski definition) is 5. The van der Waals surface area contributed by atoms with Gasteiger partial charge in [-0.25, -0.2) is 4.39 Å². The molecule has 4 aromatic rings. The molecule has 0 aliphatic carbocycles. The van der Waals surface area contributed by atoms with Gasteiger partial charge in [0.2, 0.25) is 0 Å². The van der Waals surface area contributed by atoms with Crippen LogP contribution >= 0.6 is 0 Å². The smallest absolute Gasteiger partial charge is 0.257 e. The van der Waals surface area contributed by atoms with Gasteiger partial charge in [-0.2, -0.15) is 4.98 Å². The van der Waals surface area contributed by atoms with E-state index in [2.05, 4.69) is 20.1 Å². The van der Waals surface area contributed by atoms with E-state index in [0.29, 0.717) is 30.1 Å². The minimum Gasteiger partial charge on any atom is -0.489 e. The Hall–Kier alpha value is -3.22. The molecular weight excluding hydrogens is 321 g/mol. The first-order valence-electron chi connectivity index (χ1n) is 8.01. The number of rotatable bonds is 1. The van der Waals surface area contributed by atoms with Gasteiger partial charge >= 0.3 is 0 Å². The molecule has 6 nitrogen and oxygen atoms in total. The van der Waals surface area contributed by atoms with Crippen LogP contribution in [0.2, 0.25) is 0 Å². The van der Waals surface area contributed by atoms with Crippen molar-refractivity contribution < 1.29 is 9.13 Å². The SMILES string of the molecule is Cc1cccc2c1OCCN2c1nc2nncn2c2ccc(F)cc12. The number of benzene rings is 2. The summed E-state index contributed by atoms with van der Waals surface area (Å²) in [6, 6.07) is 10.6. The highest BCUT2D eigenvalue weighted by Crippen LogP contribution is 2.40. The molecule has 0 saturated carbocycles. The Morgan fingerprint density at radius 1 is 1.20 bits per heavy atom. The summed E-state index contributed by atoms with van der Waals surface area (Å²) in [5, 5.41) is 8.71. The fourth-order valence-electron chi connectivity index (χ4n) is 3.35. The Balaban J connectivity index is 1.84. The summed E-state index contributed by atoms with van der Waals surface area (Å²) in [5.74, 6) is 1.67. The van der Waals surface area contributed by atoms with Gasteiger partial charge in [0.1, 0.15) is 30.3 Å². The van der Waals surface area contributed by atoms with Crippen LogP contribution in [0, 0.1) is 12.7 Å². The molecular formula is C18H14FN5O. The first-order chi connectivity index (χ1) is 12.2. The highest BCUT2D eigenvalue weighted by atomic mass is 19.1. The van der Waals surface area contributed by atoms with Crippen molar-refractivity contribution in [1.29, 1.82) is 0 Å². The fourth-order valence-corrected chi connectivity index (χ4v) is 3.35. The van der Waals surface area contributed by atoms with Gasteiger partial charge < -0.3 is 9.64 Å². The van der Waals surface area contributed by atoms with Crippen LogP contribution in [0.25, 0.3) is 16.7 Å². The first kappa shape index (κ1) is 14.2. The van der Waals surface area contributed by atoms with E-state index < -0.39 is 0 Å². The summed E-state index contributed by atoms with van der Waals surface area (Å²) >= 11 is 0. The van der Waals surface area contributed by atoms with Crippen molar-refractivity contribution >= 4 is 28.2 Å². The van der Waals surface area contributed by atoms with Crippen molar-refractivity contribution in [2.24, 2.45) is 0 Å². The summed E-state index contributed by atoms with van der Waals surface area (Å²) in [6.07, 6.45) is 1.59. The highest BCUT2D eigenvalue weighted by Gasteiger charge is 2.24. The molecule has 0 N–H and O–H groups in total. The van der Waals surface area contributed by atoms with Crippen LogP contribution in [-0.2, 0) is 0 Å². The molecule has 124 valence electrons. The maximum absolute atomic E-state index is 14.0. The molecule has 2 aromatic heterocycles. The van der Waals surface area contributed by atoms with Gasteiger partial charge in [-0.3, -0.25) is 4.40 Å². The van der Waals surface area contributed by atoms with Gasteiger partial charge in [0.25, 0.3) is 5.78 Å². The van der Waals surface area contributed by atoms with Gasteiger partial charge in [-0.1, -0.05) is 12.1 Å². The molecule has 3 heterocycles. The van der Waals surface area contributed by atoms with Crippen LogP contribution in [-0.4, -0.2) is 32.7 Å². The number of aryl methyl sites for hydroxylation is 1. The van der Waals surface area contributed by atoms with E-state index in [0.717, 1.165) is 22.5 Å². The lowest BCUT2D eigenvalue weighted by Crippen LogP contribution is -2.30. The molecule has 2 aromatic carbocycles. The van der Waals surface area contributed by atoms with E-state index in [1.54, 1.807) is 16.8 Å². The average Bonchev–Trinajstić information content (AvgIpc) is 3.09. The third kappa shape index (κ3) is 2.05. The average molecular weight is 335 g/mol. The Morgan fingerprint density at radius 3 is 3.04 bits per heavy atom. The van der Waals surface area contributed by atoms with Crippen molar-refractivity contribution in [2.75, 3.05) is 18.1 Å². The maximum atomic E-state index is 14.0. The molecule has 0 unspecified atom stereocenters. The Kier molecular flexibility index (Phi) is 2.91. The predicted octanol–water partition coefficient (Wildman–Crippen LogP) is 3.26. The maximum Gasteiger partial charge on any atom is 0.257 e. The monoisotopic (exact) mass is 335 g/mol. The summed E-state index contributed by atoms with van der Waals surface area (Å²) in [4.78, 5) is 6.71. The zero-order chi connectivity index (χ0) is 17.0. The Labute approximate surface area is 142 Å². The molecule has 0 fully saturated rings. The van der Waals surface area contributed by atoms with Crippen molar-refractivity contribution in [3.63, 3.8) is 0 Å². The highest BCUT2D eigenvalue weighted by molar-refractivity contribution is 5.94. The zero-order valence-corrected chi connectivity index (χ0v) is 13.5. The third-order valence-corrected chi connectivity index (χ3v) is 4.49. The van der Waals surface area contributed by atoms with Crippen molar-refractivity contribution in [1.82, 2.24) is 19.6 Å². The van der Waals surface area contributed by atoms with Gasteiger partial charge in [-0.15, -0.1) is 10.2 Å². The molecule has 5 rings (SSSR count). The molecule has 1 aliphatic heterocycles. The van der Waals surface area contributed by atoms with E-state index in [9.17, 15) is 4.39 Å². The predicted molar refractivity (Wildman–Crippen MR) is 91.9 cm³/mol. The zero-order valence-electron chi connectivity index (χ0n) is 13.5. The number of para-hydroxylation sites is 1. The van der Waals surface area contributed by atoms with Crippen molar-refractivity contribution in [3.8, 4) is 5.75 Å². The summed E-state index contributed by atoms with van der Waals surface area (Å²) in [6.45, 7) is 3.17. The van der Waals surface area contributed by atoms with E-state index in [4.69, 9.17) is 4.74 Å². The number of halogens is 1. The van der Waals surface area contributed by atoms with Crippen molar-refractivity contribution in [2.45, 2.75) is 6.92 Å².